The smallest absolute Gasteiger partial charge is 0.0893 e. The Morgan fingerprint density at radius 1 is 1.00 bits per heavy atom. The molecule has 108 valence electrons. The van der Waals surface area contributed by atoms with Gasteiger partial charge in [-0.2, -0.15) is 5.26 Å². The highest BCUT2D eigenvalue weighted by Crippen LogP contribution is 2.71. The molecule has 5 aliphatic carbocycles. The van der Waals surface area contributed by atoms with E-state index in [2.05, 4.69) is 6.07 Å². The highest BCUT2D eigenvalue weighted by atomic mass is 16.3. The van der Waals surface area contributed by atoms with Crippen LogP contribution in [0.5, 0.6) is 0 Å². The SMILES string of the molecule is N#CC1(C2(O)CC3CC2C2CCCC32)CC2CCC1C2. The fourth-order valence-electron chi connectivity index (χ4n) is 7.72. The molecule has 0 amide bonds. The van der Waals surface area contributed by atoms with Gasteiger partial charge in [-0.1, -0.05) is 12.8 Å². The van der Waals surface area contributed by atoms with Crippen LogP contribution in [0.15, 0.2) is 0 Å². The molecule has 1 N–H and O–H groups in total. The maximum Gasteiger partial charge on any atom is 0.0893 e. The van der Waals surface area contributed by atoms with E-state index >= 15 is 0 Å². The lowest BCUT2D eigenvalue weighted by atomic mass is 9.55. The Hall–Kier alpha value is -0.550. The molecule has 8 atom stereocenters. The van der Waals surface area contributed by atoms with Crippen LogP contribution in [0.2, 0.25) is 0 Å². The summed E-state index contributed by atoms with van der Waals surface area (Å²) in [4.78, 5) is 0. The van der Waals surface area contributed by atoms with E-state index in [0.717, 1.165) is 36.5 Å². The molecule has 2 nitrogen and oxygen atoms in total. The summed E-state index contributed by atoms with van der Waals surface area (Å²) in [6, 6.07) is 2.71. The third-order valence-electron chi connectivity index (χ3n) is 8.31. The Morgan fingerprint density at radius 2 is 1.85 bits per heavy atom. The van der Waals surface area contributed by atoms with E-state index in [0.29, 0.717) is 11.8 Å². The molecule has 20 heavy (non-hydrogen) atoms. The summed E-state index contributed by atoms with van der Waals surface area (Å²) in [5, 5.41) is 21.7. The van der Waals surface area contributed by atoms with Crippen molar-refractivity contribution in [2.75, 3.05) is 0 Å². The van der Waals surface area contributed by atoms with Crippen molar-refractivity contribution in [3.63, 3.8) is 0 Å². The predicted octanol–water partition coefficient (Wildman–Crippen LogP) is 3.50. The van der Waals surface area contributed by atoms with Gasteiger partial charge in [0.15, 0.2) is 0 Å². The molecule has 0 saturated heterocycles. The molecule has 0 aromatic rings. The fraction of sp³-hybridized carbons (Fsp3) is 0.944. The molecule has 0 aromatic carbocycles. The summed E-state index contributed by atoms with van der Waals surface area (Å²) < 4.78 is 0. The van der Waals surface area contributed by atoms with Gasteiger partial charge in [0.1, 0.15) is 0 Å². The first-order valence-electron chi connectivity index (χ1n) is 8.81. The number of nitrogens with zero attached hydrogens (tertiary/aromatic N) is 1. The second-order valence-corrected chi connectivity index (χ2v) is 8.65. The van der Waals surface area contributed by atoms with E-state index < -0.39 is 5.60 Å². The number of hydrogen-bond donors (Lipinski definition) is 1. The quantitative estimate of drug-likeness (QED) is 0.793. The third kappa shape index (κ3) is 1.14. The van der Waals surface area contributed by atoms with Crippen LogP contribution >= 0.6 is 0 Å². The first kappa shape index (κ1) is 12.0. The van der Waals surface area contributed by atoms with Gasteiger partial charge in [0, 0.05) is 0 Å². The van der Waals surface area contributed by atoms with Gasteiger partial charge in [-0.15, -0.1) is 0 Å². The van der Waals surface area contributed by atoms with Gasteiger partial charge in [-0.05, 0) is 80.5 Å². The molecule has 5 aliphatic rings. The molecule has 0 heterocycles. The van der Waals surface area contributed by atoms with Crippen molar-refractivity contribution >= 4 is 0 Å². The number of nitriles is 1. The summed E-state index contributed by atoms with van der Waals surface area (Å²) in [6.45, 7) is 0. The second-order valence-electron chi connectivity index (χ2n) is 8.65. The minimum Gasteiger partial charge on any atom is -0.388 e. The van der Waals surface area contributed by atoms with Gasteiger partial charge < -0.3 is 5.11 Å². The molecule has 2 heteroatoms. The predicted molar refractivity (Wildman–Crippen MR) is 75.5 cm³/mol. The van der Waals surface area contributed by atoms with Crippen LogP contribution in [0.4, 0.5) is 0 Å². The van der Waals surface area contributed by atoms with Crippen molar-refractivity contribution in [1.82, 2.24) is 0 Å². The van der Waals surface area contributed by atoms with Crippen LogP contribution < -0.4 is 0 Å². The first-order chi connectivity index (χ1) is 9.68. The van der Waals surface area contributed by atoms with Gasteiger partial charge in [0.25, 0.3) is 0 Å². The summed E-state index contributed by atoms with van der Waals surface area (Å²) in [5.74, 6) is 4.09. The second kappa shape index (κ2) is 3.61. The van der Waals surface area contributed by atoms with Crippen LogP contribution in [0, 0.1) is 52.3 Å². The monoisotopic (exact) mass is 271 g/mol. The molecule has 0 spiro atoms. The normalized spacial score (nSPS) is 62.8. The molecule has 4 bridgehead atoms. The molecule has 0 radical (unpaired) electrons. The maximum atomic E-state index is 11.7. The summed E-state index contributed by atoms with van der Waals surface area (Å²) in [5.41, 5.74) is -0.999. The fourth-order valence-corrected chi connectivity index (χ4v) is 7.72. The van der Waals surface area contributed by atoms with Crippen molar-refractivity contribution in [3.05, 3.63) is 0 Å². The number of aliphatic hydroxyl groups is 1. The van der Waals surface area contributed by atoms with E-state index in [4.69, 9.17) is 0 Å². The lowest BCUT2D eigenvalue weighted by molar-refractivity contribution is -0.139. The van der Waals surface area contributed by atoms with Gasteiger partial charge in [0.05, 0.1) is 17.1 Å². The first-order valence-corrected chi connectivity index (χ1v) is 8.81. The molecule has 5 fully saturated rings. The van der Waals surface area contributed by atoms with Crippen LogP contribution in [0.3, 0.4) is 0 Å². The van der Waals surface area contributed by atoms with Gasteiger partial charge in [-0.25, -0.2) is 0 Å². The zero-order valence-electron chi connectivity index (χ0n) is 12.2. The van der Waals surface area contributed by atoms with Crippen LogP contribution in [0.25, 0.3) is 0 Å². The molecular weight excluding hydrogens is 246 g/mol. The van der Waals surface area contributed by atoms with E-state index in [9.17, 15) is 10.4 Å². The van der Waals surface area contributed by atoms with Crippen LogP contribution in [0.1, 0.15) is 57.8 Å². The zero-order chi connectivity index (χ0) is 13.5. The highest BCUT2D eigenvalue weighted by molar-refractivity contribution is 5.26. The molecule has 5 saturated carbocycles. The Kier molecular flexibility index (Phi) is 2.17. The Labute approximate surface area is 121 Å². The summed E-state index contributed by atoms with van der Waals surface area (Å²) in [6.07, 6.45) is 11.0. The van der Waals surface area contributed by atoms with Crippen molar-refractivity contribution in [2.24, 2.45) is 40.9 Å². The van der Waals surface area contributed by atoms with E-state index in [-0.39, 0.29) is 5.41 Å². The number of fused-ring (bicyclic) bond motifs is 7. The Bertz CT molecular complexity index is 496. The molecule has 0 aromatic heterocycles. The largest absolute Gasteiger partial charge is 0.388 e. The lowest BCUT2D eigenvalue weighted by Crippen LogP contribution is -2.56. The standard InChI is InChI=1S/C18H25NO/c19-10-17(8-11-4-5-13(17)6-11)18(20)9-12-7-16(18)15-3-1-2-14(12)15/h11-16,20H,1-9H2. The Morgan fingerprint density at radius 3 is 2.55 bits per heavy atom. The average molecular weight is 271 g/mol. The minimum atomic E-state index is -0.627. The third-order valence-corrected chi connectivity index (χ3v) is 8.31. The van der Waals surface area contributed by atoms with Crippen LogP contribution in [-0.4, -0.2) is 10.7 Å². The topological polar surface area (TPSA) is 44.0 Å². The van der Waals surface area contributed by atoms with Gasteiger partial charge in [0.2, 0.25) is 0 Å². The zero-order valence-corrected chi connectivity index (χ0v) is 12.2. The van der Waals surface area contributed by atoms with E-state index in [1.165, 1.54) is 44.9 Å². The van der Waals surface area contributed by atoms with E-state index in [1.54, 1.807) is 0 Å². The summed E-state index contributed by atoms with van der Waals surface area (Å²) >= 11 is 0. The van der Waals surface area contributed by atoms with Crippen molar-refractivity contribution in [1.29, 1.82) is 5.26 Å². The van der Waals surface area contributed by atoms with Crippen molar-refractivity contribution in [3.8, 4) is 6.07 Å². The summed E-state index contributed by atoms with van der Waals surface area (Å²) in [7, 11) is 0. The Balaban J connectivity index is 1.56. The van der Waals surface area contributed by atoms with Crippen LogP contribution in [-0.2, 0) is 0 Å². The van der Waals surface area contributed by atoms with Crippen molar-refractivity contribution < 1.29 is 5.11 Å². The average Bonchev–Trinajstić information content (AvgIpc) is 3.20. The molecule has 0 aliphatic heterocycles. The molecule has 8 unspecified atom stereocenters. The molecular formula is C18H25NO. The lowest BCUT2D eigenvalue weighted by Gasteiger charge is -2.50. The number of rotatable bonds is 1. The number of hydrogen-bond acceptors (Lipinski definition) is 2. The van der Waals surface area contributed by atoms with Crippen molar-refractivity contribution in [2.45, 2.75) is 63.4 Å². The van der Waals surface area contributed by atoms with Gasteiger partial charge in [-0.3, -0.25) is 0 Å². The highest BCUT2D eigenvalue weighted by Gasteiger charge is 2.71. The minimum absolute atomic E-state index is 0.372. The maximum absolute atomic E-state index is 11.7. The van der Waals surface area contributed by atoms with E-state index in [1.807, 2.05) is 0 Å². The van der Waals surface area contributed by atoms with Gasteiger partial charge >= 0.3 is 0 Å². The molecule has 5 rings (SSSR count).